The van der Waals surface area contributed by atoms with Gasteiger partial charge in [0.1, 0.15) is 11.5 Å². The standard InChI is InChI=1S/C17H21N3O4/c1-12(11-21)20-17(22)19-10-13-6-7-16(18-9-13)24-15-5-3-4-14(8-15)23-2/h3-9,12,21H,10-11H2,1-2H3,(H2,19,20,22)/t12-/m0/s1. The monoisotopic (exact) mass is 331 g/mol. The quantitative estimate of drug-likeness (QED) is 0.722. The Labute approximate surface area is 140 Å². The maximum absolute atomic E-state index is 11.6. The molecule has 0 fully saturated rings. The molecule has 0 aliphatic rings. The number of urea groups is 1. The minimum atomic E-state index is -0.340. The Hall–Kier alpha value is -2.80. The van der Waals surface area contributed by atoms with E-state index in [1.165, 1.54) is 0 Å². The topological polar surface area (TPSA) is 92.7 Å². The lowest BCUT2D eigenvalue weighted by atomic mass is 10.3. The number of nitrogens with one attached hydrogen (secondary N) is 2. The Morgan fingerprint density at radius 1 is 1.29 bits per heavy atom. The molecule has 7 nitrogen and oxygen atoms in total. The molecule has 0 spiro atoms. The van der Waals surface area contributed by atoms with Gasteiger partial charge in [0.15, 0.2) is 0 Å². The summed E-state index contributed by atoms with van der Waals surface area (Å²) in [6.07, 6.45) is 1.63. The van der Waals surface area contributed by atoms with Crippen LogP contribution >= 0.6 is 0 Å². The summed E-state index contributed by atoms with van der Waals surface area (Å²) in [4.78, 5) is 15.8. The summed E-state index contributed by atoms with van der Waals surface area (Å²) in [5.74, 6) is 1.78. The van der Waals surface area contributed by atoms with Crippen molar-refractivity contribution in [3.63, 3.8) is 0 Å². The molecular formula is C17H21N3O4. The summed E-state index contributed by atoms with van der Waals surface area (Å²) < 4.78 is 10.8. The van der Waals surface area contributed by atoms with Crippen LogP contribution in [0, 0.1) is 0 Å². The zero-order valence-corrected chi connectivity index (χ0v) is 13.7. The summed E-state index contributed by atoms with van der Waals surface area (Å²) in [5.41, 5.74) is 0.833. The number of carbonyl (C=O) groups is 1. The highest BCUT2D eigenvalue weighted by molar-refractivity contribution is 5.74. The average molecular weight is 331 g/mol. The number of amides is 2. The molecule has 2 rings (SSSR count). The summed E-state index contributed by atoms with van der Waals surface area (Å²) in [5, 5.41) is 14.2. The van der Waals surface area contributed by atoms with Crippen molar-refractivity contribution in [2.75, 3.05) is 13.7 Å². The zero-order valence-electron chi connectivity index (χ0n) is 13.7. The fraction of sp³-hybridized carbons (Fsp3) is 0.294. The molecule has 1 atom stereocenters. The number of ether oxygens (including phenoxy) is 2. The second-order valence-electron chi connectivity index (χ2n) is 5.20. The smallest absolute Gasteiger partial charge is 0.315 e. The number of rotatable bonds is 7. The molecule has 0 unspecified atom stereocenters. The number of benzene rings is 1. The van der Waals surface area contributed by atoms with Crippen molar-refractivity contribution in [1.82, 2.24) is 15.6 Å². The number of aliphatic hydroxyl groups is 1. The van der Waals surface area contributed by atoms with E-state index in [0.29, 0.717) is 23.9 Å². The van der Waals surface area contributed by atoms with Crippen LogP contribution in [0.4, 0.5) is 4.79 Å². The van der Waals surface area contributed by atoms with Crippen LogP contribution in [0.2, 0.25) is 0 Å². The SMILES string of the molecule is COc1cccc(Oc2ccc(CNC(=O)N[C@@H](C)CO)cn2)c1. The molecule has 3 N–H and O–H groups in total. The minimum absolute atomic E-state index is 0.106. The number of methoxy groups -OCH3 is 1. The Kier molecular flexibility index (Phi) is 6.39. The number of nitrogens with zero attached hydrogens (tertiary/aromatic N) is 1. The lowest BCUT2D eigenvalue weighted by Crippen LogP contribution is -2.41. The van der Waals surface area contributed by atoms with Gasteiger partial charge in [0.2, 0.25) is 5.88 Å². The number of carbonyl (C=O) groups excluding carboxylic acids is 1. The lowest BCUT2D eigenvalue weighted by Gasteiger charge is -2.12. The van der Waals surface area contributed by atoms with Crippen LogP contribution in [0.3, 0.4) is 0 Å². The van der Waals surface area contributed by atoms with Gasteiger partial charge in [-0.1, -0.05) is 12.1 Å². The molecule has 0 bridgehead atoms. The molecule has 0 aliphatic carbocycles. The second-order valence-corrected chi connectivity index (χ2v) is 5.20. The first-order chi connectivity index (χ1) is 11.6. The van der Waals surface area contributed by atoms with Gasteiger partial charge in [-0.25, -0.2) is 9.78 Å². The Morgan fingerprint density at radius 2 is 2.08 bits per heavy atom. The largest absolute Gasteiger partial charge is 0.497 e. The molecule has 7 heteroatoms. The second kappa shape index (κ2) is 8.73. The van der Waals surface area contributed by atoms with Crippen LogP contribution in [-0.2, 0) is 6.54 Å². The van der Waals surface area contributed by atoms with Gasteiger partial charge >= 0.3 is 6.03 Å². The van der Waals surface area contributed by atoms with Gasteiger partial charge in [-0.3, -0.25) is 0 Å². The predicted molar refractivity (Wildman–Crippen MR) is 89.2 cm³/mol. The lowest BCUT2D eigenvalue weighted by molar-refractivity contribution is 0.220. The third-order valence-electron chi connectivity index (χ3n) is 3.17. The van der Waals surface area contributed by atoms with Gasteiger partial charge < -0.3 is 25.2 Å². The van der Waals surface area contributed by atoms with Crippen molar-refractivity contribution in [2.45, 2.75) is 19.5 Å². The summed E-state index contributed by atoms with van der Waals surface area (Å²) in [6.45, 7) is 1.94. The highest BCUT2D eigenvalue weighted by Crippen LogP contribution is 2.23. The normalized spacial score (nSPS) is 11.5. The van der Waals surface area contributed by atoms with Gasteiger partial charge in [0.25, 0.3) is 0 Å². The highest BCUT2D eigenvalue weighted by atomic mass is 16.5. The summed E-state index contributed by atoms with van der Waals surface area (Å²) in [7, 11) is 1.59. The fourth-order valence-electron chi connectivity index (χ4n) is 1.86. The van der Waals surface area contributed by atoms with Gasteiger partial charge in [-0.2, -0.15) is 0 Å². The van der Waals surface area contributed by atoms with Crippen molar-refractivity contribution in [2.24, 2.45) is 0 Å². The first-order valence-electron chi connectivity index (χ1n) is 7.52. The Balaban J connectivity index is 1.87. The first kappa shape index (κ1) is 17.6. The van der Waals surface area contributed by atoms with Crippen LogP contribution < -0.4 is 20.1 Å². The molecule has 0 aliphatic heterocycles. The van der Waals surface area contributed by atoms with Gasteiger partial charge in [-0.15, -0.1) is 0 Å². The zero-order chi connectivity index (χ0) is 17.4. The molecule has 128 valence electrons. The molecule has 0 saturated heterocycles. The predicted octanol–water partition coefficient (Wildman–Crippen LogP) is 2.06. The van der Waals surface area contributed by atoms with E-state index in [2.05, 4.69) is 15.6 Å². The first-order valence-corrected chi connectivity index (χ1v) is 7.52. The maximum Gasteiger partial charge on any atom is 0.315 e. The van der Waals surface area contributed by atoms with Gasteiger partial charge in [0, 0.05) is 24.9 Å². The summed E-state index contributed by atoms with van der Waals surface area (Å²) >= 11 is 0. The number of pyridine rings is 1. The van der Waals surface area contributed by atoms with Crippen molar-refractivity contribution < 1.29 is 19.4 Å². The number of aliphatic hydroxyl groups excluding tert-OH is 1. The van der Waals surface area contributed by atoms with E-state index < -0.39 is 0 Å². The van der Waals surface area contributed by atoms with Crippen molar-refractivity contribution in [3.05, 3.63) is 48.2 Å². The average Bonchev–Trinajstić information content (AvgIpc) is 2.61. The van der Waals surface area contributed by atoms with E-state index in [0.717, 1.165) is 5.56 Å². The van der Waals surface area contributed by atoms with Crippen LogP contribution in [0.15, 0.2) is 42.6 Å². The molecule has 0 radical (unpaired) electrons. The third-order valence-corrected chi connectivity index (χ3v) is 3.17. The molecule has 2 aromatic rings. The number of aromatic nitrogens is 1. The van der Waals surface area contributed by atoms with Crippen LogP contribution in [0.1, 0.15) is 12.5 Å². The van der Waals surface area contributed by atoms with Crippen molar-refractivity contribution in [1.29, 1.82) is 0 Å². The van der Waals surface area contributed by atoms with E-state index >= 15 is 0 Å². The highest BCUT2D eigenvalue weighted by Gasteiger charge is 2.06. The number of hydrogen-bond acceptors (Lipinski definition) is 5. The summed E-state index contributed by atoms with van der Waals surface area (Å²) in [6, 6.07) is 10.2. The van der Waals surface area contributed by atoms with E-state index in [-0.39, 0.29) is 18.7 Å². The van der Waals surface area contributed by atoms with Crippen molar-refractivity contribution >= 4 is 6.03 Å². The Morgan fingerprint density at radius 3 is 2.75 bits per heavy atom. The van der Waals surface area contributed by atoms with Crippen molar-refractivity contribution in [3.8, 4) is 17.4 Å². The molecule has 1 aromatic heterocycles. The van der Waals surface area contributed by atoms with Crippen LogP contribution in [-0.4, -0.2) is 35.9 Å². The van der Waals surface area contributed by atoms with E-state index in [1.807, 2.05) is 24.3 Å². The van der Waals surface area contributed by atoms with E-state index in [9.17, 15) is 4.79 Å². The van der Waals surface area contributed by atoms with Crippen LogP contribution in [0.5, 0.6) is 17.4 Å². The molecule has 1 heterocycles. The van der Waals surface area contributed by atoms with Gasteiger partial charge in [-0.05, 0) is 24.6 Å². The van der Waals surface area contributed by atoms with E-state index in [1.54, 1.807) is 32.4 Å². The molecular weight excluding hydrogens is 310 g/mol. The fourth-order valence-corrected chi connectivity index (χ4v) is 1.86. The van der Waals surface area contributed by atoms with Gasteiger partial charge in [0.05, 0.1) is 19.8 Å². The number of hydrogen-bond donors (Lipinski definition) is 3. The molecule has 24 heavy (non-hydrogen) atoms. The van der Waals surface area contributed by atoms with Crippen LogP contribution in [0.25, 0.3) is 0 Å². The molecule has 2 amide bonds. The third kappa shape index (κ3) is 5.44. The molecule has 1 aromatic carbocycles. The maximum atomic E-state index is 11.6. The Bertz CT molecular complexity index is 661. The minimum Gasteiger partial charge on any atom is -0.497 e. The van der Waals surface area contributed by atoms with E-state index in [4.69, 9.17) is 14.6 Å². The molecule has 0 saturated carbocycles.